The van der Waals surface area contributed by atoms with Crippen molar-refractivity contribution in [1.82, 2.24) is 10.2 Å². The van der Waals surface area contributed by atoms with E-state index in [1.165, 1.54) is 0 Å². The maximum absolute atomic E-state index is 11.6. The molecule has 5 nitrogen and oxygen atoms in total. The van der Waals surface area contributed by atoms with E-state index in [1.54, 1.807) is 7.11 Å². The maximum Gasteiger partial charge on any atom is 0.222 e. The van der Waals surface area contributed by atoms with Gasteiger partial charge in [0, 0.05) is 26.1 Å². The molecule has 0 saturated carbocycles. The second kappa shape index (κ2) is 11.9. The van der Waals surface area contributed by atoms with E-state index >= 15 is 0 Å². The van der Waals surface area contributed by atoms with E-state index in [9.17, 15) is 4.79 Å². The van der Waals surface area contributed by atoms with Gasteiger partial charge < -0.3 is 19.7 Å². The lowest BCUT2D eigenvalue weighted by atomic mass is 10.2. The van der Waals surface area contributed by atoms with Crippen molar-refractivity contribution < 1.29 is 14.3 Å². The molecule has 1 amide bonds. The number of likely N-dealkylation sites (tertiary alicyclic amines) is 1. The molecule has 0 aliphatic carbocycles. The molecular formula is C22H28Cl2N2O3. The number of nitrogens with zero attached hydrogens (tertiary/aromatic N) is 1. The molecule has 1 fully saturated rings. The molecule has 1 heterocycles. The zero-order valence-corrected chi connectivity index (χ0v) is 18.2. The fourth-order valence-corrected chi connectivity index (χ4v) is 3.60. The Labute approximate surface area is 183 Å². The first kappa shape index (κ1) is 23.3. The number of nitrogens with one attached hydrogen (secondary N) is 1. The third kappa shape index (κ3) is 6.81. The number of hydrogen-bond acceptors (Lipinski definition) is 4. The van der Waals surface area contributed by atoms with E-state index in [0.29, 0.717) is 36.1 Å². The normalized spacial score (nSPS) is 13.3. The van der Waals surface area contributed by atoms with Crippen LogP contribution in [-0.2, 0) is 17.9 Å². The number of amides is 1. The number of rotatable bonds is 10. The molecule has 3 rings (SSSR count). The highest BCUT2D eigenvalue weighted by Gasteiger charge is 2.19. The Bertz CT molecular complexity index is 787. The summed E-state index contributed by atoms with van der Waals surface area (Å²) in [6, 6.07) is 13.8. The lowest BCUT2D eigenvalue weighted by molar-refractivity contribution is -0.127. The molecule has 1 N–H and O–H groups in total. The van der Waals surface area contributed by atoms with Crippen LogP contribution in [0.2, 0.25) is 5.02 Å². The summed E-state index contributed by atoms with van der Waals surface area (Å²) >= 11 is 6.44. The molecule has 2 aromatic carbocycles. The van der Waals surface area contributed by atoms with Crippen molar-refractivity contribution in [2.24, 2.45) is 0 Å². The fourth-order valence-electron chi connectivity index (χ4n) is 3.31. The van der Waals surface area contributed by atoms with Gasteiger partial charge in [-0.3, -0.25) is 4.79 Å². The molecule has 7 heteroatoms. The van der Waals surface area contributed by atoms with Crippen molar-refractivity contribution in [2.75, 3.05) is 26.7 Å². The predicted molar refractivity (Wildman–Crippen MR) is 118 cm³/mol. The Hall–Kier alpha value is -1.95. The molecular weight excluding hydrogens is 411 g/mol. The van der Waals surface area contributed by atoms with E-state index in [2.05, 4.69) is 5.32 Å². The van der Waals surface area contributed by atoms with Gasteiger partial charge in [-0.15, -0.1) is 12.4 Å². The van der Waals surface area contributed by atoms with Gasteiger partial charge in [-0.25, -0.2) is 0 Å². The molecule has 0 aromatic heterocycles. The predicted octanol–water partition coefficient (Wildman–Crippen LogP) is 4.45. The van der Waals surface area contributed by atoms with E-state index in [-0.39, 0.29) is 18.3 Å². The minimum absolute atomic E-state index is 0. The standard InChI is InChI=1S/C22H27ClN2O3.ClH/c1-27-20-14-18(15-24-10-6-12-25-11-5-9-21(25)26)13-19(23)22(20)28-16-17-7-3-2-4-8-17;/h2-4,7-8,13-14,24H,5-6,9-12,15-16H2,1H3;1H. The number of carbonyl (C=O) groups excluding carboxylic acids is 1. The first-order valence-corrected chi connectivity index (χ1v) is 10.1. The SMILES string of the molecule is COc1cc(CNCCCN2CCCC2=O)cc(Cl)c1OCc1ccccc1.Cl. The first-order chi connectivity index (χ1) is 13.7. The van der Waals surface area contributed by atoms with Crippen LogP contribution in [0.3, 0.4) is 0 Å². The lowest BCUT2D eigenvalue weighted by Crippen LogP contribution is -2.28. The summed E-state index contributed by atoms with van der Waals surface area (Å²) in [5.74, 6) is 1.47. The van der Waals surface area contributed by atoms with Gasteiger partial charge in [-0.05, 0) is 42.6 Å². The minimum Gasteiger partial charge on any atom is -0.493 e. The van der Waals surface area contributed by atoms with Crippen molar-refractivity contribution in [3.63, 3.8) is 0 Å². The summed E-state index contributed by atoms with van der Waals surface area (Å²) in [6.45, 7) is 3.68. The molecule has 0 unspecified atom stereocenters. The highest BCUT2D eigenvalue weighted by molar-refractivity contribution is 6.32. The smallest absolute Gasteiger partial charge is 0.222 e. The third-order valence-corrected chi connectivity index (χ3v) is 5.08. The molecule has 29 heavy (non-hydrogen) atoms. The number of benzene rings is 2. The summed E-state index contributed by atoms with van der Waals surface area (Å²) < 4.78 is 11.4. The van der Waals surface area contributed by atoms with Gasteiger partial charge in [0.05, 0.1) is 12.1 Å². The molecule has 0 radical (unpaired) electrons. The third-order valence-electron chi connectivity index (χ3n) is 4.80. The Kier molecular flexibility index (Phi) is 9.58. The van der Waals surface area contributed by atoms with Gasteiger partial charge in [0.15, 0.2) is 11.5 Å². The average Bonchev–Trinajstić information content (AvgIpc) is 3.12. The van der Waals surface area contributed by atoms with Crippen molar-refractivity contribution in [2.45, 2.75) is 32.4 Å². The van der Waals surface area contributed by atoms with Crippen LogP contribution in [0.4, 0.5) is 0 Å². The van der Waals surface area contributed by atoms with Crippen LogP contribution in [0.1, 0.15) is 30.4 Å². The van der Waals surface area contributed by atoms with Crippen LogP contribution in [0.25, 0.3) is 0 Å². The highest BCUT2D eigenvalue weighted by atomic mass is 35.5. The van der Waals surface area contributed by atoms with Crippen molar-refractivity contribution in [3.8, 4) is 11.5 Å². The zero-order chi connectivity index (χ0) is 19.8. The van der Waals surface area contributed by atoms with Gasteiger partial charge in [0.1, 0.15) is 6.61 Å². The fraction of sp³-hybridized carbons (Fsp3) is 0.409. The molecule has 0 spiro atoms. The van der Waals surface area contributed by atoms with E-state index in [1.807, 2.05) is 47.4 Å². The summed E-state index contributed by atoms with van der Waals surface area (Å²) in [6.07, 6.45) is 2.63. The molecule has 2 aromatic rings. The van der Waals surface area contributed by atoms with Gasteiger partial charge in [-0.1, -0.05) is 41.9 Å². The van der Waals surface area contributed by atoms with Gasteiger partial charge in [0.25, 0.3) is 0 Å². The monoisotopic (exact) mass is 438 g/mol. The zero-order valence-electron chi connectivity index (χ0n) is 16.7. The summed E-state index contributed by atoms with van der Waals surface area (Å²) in [7, 11) is 1.62. The van der Waals surface area contributed by atoms with Crippen LogP contribution < -0.4 is 14.8 Å². The quantitative estimate of drug-likeness (QED) is 0.556. The van der Waals surface area contributed by atoms with Crippen LogP contribution in [-0.4, -0.2) is 37.6 Å². The summed E-state index contributed by atoms with van der Waals surface area (Å²) in [4.78, 5) is 13.6. The Morgan fingerprint density at radius 2 is 1.97 bits per heavy atom. The number of ether oxygens (including phenoxy) is 2. The second-order valence-corrected chi connectivity index (χ2v) is 7.31. The number of hydrogen-bond donors (Lipinski definition) is 1. The van der Waals surface area contributed by atoms with Crippen LogP contribution >= 0.6 is 24.0 Å². The van der Waals surface area contributed by atoms with E-state index in [4.69, 9.17) is 21.1 Å². The second-order valence-electron chi connectivity index (χ2n) is 6.90. The number of methoxy groups -OCH3 is 1. The molecule has 1 aliphatic rings. The summed E-state index contributed by atoms with van der Waals surface area (Å²) in [5, 5.41) is 3.94. The Morgan fingerprint density at radius 3 is 2.66 bits per heavy atom. The van der Waals surface area contributed by atoms with Crippen molar-refractivity contribution >= 4 is 29.9 Å². The first-order valence-electron chi connectivity index (χ1n) is 9.69. The molecule has 158 valence electrons. The van der Waals surface area contributed by atoms with Gasteiger partial charge in [0.2, 0.25) is 5.91 Å². The topological polar surface area (TPSA) is 50.8 Å². The minimum atomic E-state index is 0. The lowest BCUT2D eigenvalue weighted by Gasteiger charge is -2.16. The van der Waals surface area contributed by atoms with Crippen LogP contribution in [0, 0.1) is 0 Å². The van der Waals surface area contributed by atoms with Gasteiger partial charge in [-0.2, -0.15) is 0 Å². The van der Waals surface area contributed by atoms with Crippen molar-refractivity contribution in [1.29, 1.82) is 0 Å². The number of carbonyl (C=O) groups is 1. The average molecular weight is 439 g/mol. The van der Waals surface area contributed by atoms with Crippen LogP contribution in [0.15, 0.2) is 42.5 Å². The number of halogens is 2. The van der Waals surface area contributed by atoms with Gasteiger partial charge >= 0.3 is 0 Å². The molecule has 1 saturated heterocycles. The molecule has 0 atom stereocenters. The Balaban J connectivity index is 0.00000300. The largest absolute Gasteiger partial charge is 0.493 e. The maximum atomic E-state index is 11.6. The Morgan fingerprint density at radius 1 is 1.17 bits per heavy atom. The van der Waals surface area contributed by atoms with Crippen LogP contribution in [0.5, 0.6) is 11.5 Å². The molecule has 1 aliphatic heterocycles. The summed E-state index contributed by atoms with van der Waals surface area (Å²) in [5.41, 5.74) is 2.11. The van der Waals surface area contributed by atoms with E-state index in [0.717, 1.165) is 43.6 Å². The van der Waals surface area contributed by atoms with E-state index < -0.39 is 0 Å². The molecule has 0 bridgehead atoms. The van der Waals surface area contributed by atoms with Crippen molar-refractivity contribution in [3.05, 3.63) is 58.6 Å². The highest BCUT2D eigenvalue weighted by Crippen LogP contribution is 2.37.